The average Bonchev–Trinajstić information content (AvgIpc) is 2.48. The van der Waals surface area contributed by atoms with Gasteiger partial charge in [-0.2, -0.15) is 0 Å². The van der Waals surface area contributed by atoms with E-state index in [1.165, 1.54) is 7.11 Å². The molecule has 0 saturated carbocycles. The van der Waals surface area contributed by atoms with E-state index in [1.807, 2.05) is 0 Å². The summed E-state index contributed by atoms with van der Waals surface area (Å²) in [4.78, 5) is 12.5. The molecule has 0 amide bonds. The molecule has 20 heavy (non-hydrogen) atoms. The lowest BCUT2D eigenvalue weighted by molar-refractivity contribution is 0.103. The van der Waals surface area contributed by atoms with Crippen molar-refractivity contribution in [3.05, 3.63) is 52.5 Å². The lowest BCUT2D eigenvalue weighted by Crippen LogP contribution is -2.05. The summed E-state index contributed by atoms with van der Waals surface area (Å²) in [5.41, 5.74) is 6.98. The third kappa shape index (κ3) is 2.70. The van der Waals surface area contributed by atoms with Crippen LogP contribution in [0.4, 0.5) is 5.69 Å². The van der Waals surface area contributed by atoms with Gasteiger partial charge in [0.15, 0.2) is 5.78 Å². The Morgan fingerprint density at radius 3 is 2.45 bits per heavy atom. The van der Waals surface area contributed by atoms with Crippen molar-refractivity contribution in [2.75, 3.05) is 20.0 Å². The lowest BCUT2D eigenvalue weighted by Gasteiger charge is -2.10. The number of rotatable bonds is 4. The van der Waals surface area contributed by atoms with Crippen LogP contribution in [0, 0.1) is 0 Å². The molecule has 0 saturated heterocycles. The molecule has 2 rings (SSSR count). The number of hydrogen-bond donors (Lipinski definition) is 1. The molecule has 0 bridgehead atoms. The van der Waals surface area contributed by atoms with Gasteiger partial charge in [-0.3, -0.25) is 4.79 Å². The van der Waals surface area contributed by atoms with Gasteiger partial charge in [0.05, 0.1) is 30.5 Å². The molecule has 0 atom stereocenters. The maximum atomic E-state index is 12.5. The van der Waals surface area contributed by atoms with Crippen LogP contribution in [0.1, 0.15) is 15.9 Å². The van der Waals surface area contributed by atoms with Gasteiger partial charge in [-0.15, -0.1) is 0 Å². The van der Waals surface area contributed by atoms with Crippen molar-refractivity contribution in [2.45, 2.75) is 0 Å². The summed E-state index contributed by atoms with van der Waals surface area (Å²) in [6, 6.07) is 9.80. The highest BCUT2D eigenvalue weighted by molar-refractivity contribution is 6.33. The Balaban J connectivity index is 2.44. The Morgan fingerprint density at radius 2 is 1.85 bits per heavy atom. The minimum absolute atomic E-state index is 0.187. The molecular formula is C15H14ClNO3. The van der Waals surface area contributed by atoms with Gasteiger partial charge in [-0.1, -0.05) is 11.6 Å². The maximum Gasteiger partial charge on any atom is 0.196 e. The summed E-state index contributed by atoms with van der Waals surface area (Å²) in [6.45, 7) is 0. The number of nitrogens with two attached hydrogens (primary N) is 1. The van der Waals surface area contributed by atoms with Gasteiger partial charge in [-0.05, 0) is 30.3 Å². The number of carbonyl (C=O) groups excluding carboxylic acids is 1. The van der Waals surface area contributed by atoms with Crippen molar-refractivity contribution in [1.29, 1.82) is 0 Å². The Labute approximate surface area is 122 Å². The molecule has 0 heterocycles. The Bertz CT molecular complexity index is 656. The Kier molecular flexibility index (Phi) is 4.15. The summed E-state index contributed by atoms with van der Waals surface area (Å²) >= 11 is 5.85. The van der Waals surface area contributed by atoms with Crippen molar-refractivity contribution < 1.29 is 14.3 Å². The van der Waals surface area contributed by atoms with Crippen LogP contribution in [-0.2, 0) is 0 Å². The van der Waals surface area contributed by atoms with Crippen LogP contribution in [-0.4, -0.2) is 20.0 Å². The highest BCUT2D eigenvalue weighted by atomic mass is 35.5. The molecule has 0 unspecified atom stereocenters. The van der Waals surface area contributed by atoms with Crippen LogP contribution in [0.25, 0.3) is 0 Å². The maximum absolute atomic E-state index is 12.5. The highest BCUT2D eigenvalue weighted by Crippen LogP contribution is 2.28. The van der Waals surface area contributed by atoms with Gasteiger partial charge in [0.25, 0.3) is 0 Å². The molecule has 2 aromatic carbocycles. The standard InChI is InChI=1S/C15H14ClNO3/c1-19-10-4-5-11(14(8-10)20-2)15(18)9-3-6-12(16)13(17)7-9/h3-8H,17H2,1-2H3. The predicted molar refractivity (Wildman–Crippen MR) is 78.8 cm³/mol. The predicted octanol–water partition coefficient (Wildman–Crippen LogP) is 3.17. The molecule has 5 heteroatoms. The van der Waals surface area contributed by atoms with E-state index in [0.717, 1.165) is 0 Å². The third-order valence-corrected chi connectivity index (χ3v) is 3.26. The fourth-order valence-corrected chi connectivity index (χ4v) is 1.94. The first-order chi connectivity index (χ1) is 9.56. The van der Waals surface area contributed by atoms with Crippen LogP contribution >= 0.6 is 11.6 Å². The van der Waals surface area contributed by atoms with Crippen molar-refractivity contribution in [3.63, 3.8) is 0 Å². The van der Waals surface area contributed by atoms with E-state index < -0.39 is 0 Å². The second kappa shape index (κ2) is 5.84. The van der Waals surface area contributed by atoms with Crippen LogP contribution < -0.4 is 15.2 Å². The third-order valence-electron chi connectivity index (χ3n) is 2.91. The lowest BCUT2D eigenvalue weighted by atomic mass is 10.0. The number of methoxy groups -OCH3 is 2. The fourth-order valence-electron chi connectivity index (χ4n) is 1.83. The molecule has 0 aliphatic heterocycles. The summed E-state index contributed by atoms with van der Waals surface area (Å²) in [5.74, 6) is 0.879. The first-order valence-corrected chi connectivity index (χ1v) is 6.26. The molecule has 0 aromatic heterocycles. The average molecular weight is 292 g/mol. The van der Waals surface area contributed by atoms with Crippen LogP contribution in [0.5, 0.6) is 11.5 Å². The van der Waals surface area contributed by atoms with Crippen molar-refractivity contribution in [3.8, 4) is 11.5 Å². The summed E-state index contributed by atoms with van der Waals surface area (Å²) in [6.07, 6.45) is 0. The second-order valence-electron chi connectivity index (χ2n) is 4.13. The smallest absolute Gasteiger partial charge is 0.196 e. The molecule has 2 aromatic rings. The number of carbonyl (C=O) groups is 1. The Morgan fingerprint density at radius 1 is 1.10 bits per heavy atom. The molecular weight excluding hydrogens is 278 g/mol. The number of ketones is 1. The van der Waals surface area contributed by atoms with E-state index in [-0.39, 0.29) is 5.78 Å². The summed E-state index contributed by atoms with van der Waals surface area (Å²) in [5, 5.41) is 0.420. The number of ether oxygens (including phenoxy) is 2. The molecule has 0 aliphatic rings. The van der Waals surface area contributed by atoms with Crippen molar-refractivity contribution in [2.24, 2.45) is 0 Å². The van der Waals surface area contributed by atoms with Gasteiger partial charge in [0.2, 0.25) is 0 Å². The fraction of sp³-hybridized carbons (Fsp3) is 0.133. The molecule has 0 spiro atoms. The van der Waals surface area contributed by atoms with Crippen LogP contribution in [0.15, 0.2) is 36.4 Å². The van der Waals surface area contributed by atoms with E-state index in [2.05, 4.69) is 0 Å². The summed E-state index contributed by atoms with van der Waals surface area (Å²) in [7, 11) is 3.05. The van der Waals surface area contributed by atoms with Gasteiger partial charge >= 0.3 is 0 Å². The first kappa shape index (κ1) is 14.2. The van der Waals surface area contributed by atoms with Gasteiger partial charge in [-0.25, -0.2) is 0 Å². The van der Waals surface area contributed by atoms with Crippen LogP contribution in [0.3, 0.4) is 0 Å². The zero-order chi connectivity index (χ0) is 14.7. The number of hydrogen-bond acceptors (Lipinski definition) is 4. The molecule has 0 fully saturated rings. The largest absolute Gasteiger partial charge is 0.497 e. The van der Waals surface area contributed by atoms with Crippen molar-refractivity contribution >= 4 is 23.1 Å². The zero-order valence-corrected chi connectivity index (χ0v) is 11.9. The highest BCUT2D eigenvalue weighted by Gasteiger charge is 2.16. The van der Waals surface area contributed by atoms with E-state index in [1.54, 1.807) is 43.5 Å². The second-order valence-corrected chi connectivity index (χ2v) is 4.54. The minimum atomic E-state index is -0.187. The minimum Gasteiger partial charge on any atom is -0.497 e. The topological polar surface area (TPSA) is 61.5 Å². The first-order valence-electron chi connectivity index (χ1n) is 5.88. The van der Waals surface area contributed by atoms with E-state index in [0.29, 0.717) is 33.3 Å². The zero-order valence-electron chi connectivity index (χ0n) is 11.1. The molecule has 0 radical (unpaired) electrons. The van der Waals surface area contributed by atoms with Crippen molar-refractivity contribution in [1.82, 2.24) is 0 Å². The Hall–Kier alpha value is -2.20. The summed E-state index contributed by atoms with van der Waals surface area (Å²) < 4.78 is 10.3. The van der Waals surface area contributed by atoms with Gasteiger partial charge in [0.1, 0.15) is 11.5 Å². The van der Waals surface area contributed by atoms with E-state index in [9.17, 15) is 4.79 Å². The van der Waals surface area contributed by atoms with Gasteiger partial charge < -0.3 is 15.2 Å². The number of anilines is 1. The number of halogens is 1. The number of benzene rings is 2. The molecule has 104 valence electrons. The number of nitrogen functional groups attached to an aromatic ring is 1. The molecule has 2 N–H and O–H groups in total. The SMILES string of the molecule is COc1ccc(C(=O)c2ccc(Cl)c(N)c2)c(OC)c1. The van der Waals surface area contributed by atoms with Gasteiger partial charge in [0, 0.05) is 11.6 Å². The normalized spacial score (nSPS) is 10.2. The van der Waals surface area contributed by atoms with Crippen LogP contribution in [0.2, 0.25) is 5.02 Å². The molecule has 4 nitrogen and oxygen atoms in total. The van der Waals surface area contributed by atoms with E-state index in [4.69, 9.17) is 26.8 Å². The molecule has 0 aliphatic carbocycles. The van der Waals surface area contributed by atoms with E-state index >= 15 is 0 Å². The monoisotopic (exact) mass is 291 g/mol. The quantitative estimate of drug-likeness (QED) is 0.694.